The smallest absolute Gasteiger partial charge is 0.284 e. The molecule has 5 heterocycles. The van der Waals surface area contributed by atoms with Gasteiger partial charge in [-0.3, -0.25) is 23.9 Å². The largest absolute Gasteiger partial charge is 0.391 e. The Bertz CT molecular complexity index is 3450. The van der Waals surface area contributed by atoms with E-state index in [1.54, 1.807) is 75.3 Å². The maximum absolute atomic E-state index is 14.4. The first kappa shape index (κ1) is 56.9. The third kappa shape index (κ3) is 12.9. The normalized spacial score (nSPS) is 21.6. The van der Waals surface area contributed by atoms with Gasteiger partial charge in [-0.05, 0) is 135 Å². The number of hydrogen-bond acceptors (Lipinski definition) is 16. The van der Waals surface area contributed by atoms with Crippen molar-refractivity contribution in [1.82, 2.24) is 55.5 Å². The van der Waals surface area contributed by atoms with E-state index in [0.29, 0.717) is 39.3 Å². The number of fused-ring (bicyclic) bond motifs is 1. The number of β-amino-alcohol motifs (C(OH)–C–C–N with tert-alkyl or cyclic N) is 1. The molecule has 4 amide bonds. The van der Waals surface area contributed by atoms with E-state index in [1.165, 1.54) is 54.8 Å². The minimum Gasteiger partial charge on any atom is -0.391 e. The summed E-state index contributed by atoms with van der Waals surface area (Å²) in [7, 11) is -2.53. The fraction of sp³-hybridized carbons (Fsp3) is 0.475. The third-order valence-corrected chi connectivity index (χ3v) is 18.7. The quantitative estimate of drug-likeness (QED) is 0.0351. The molecular formula is C59H71N13O7S2. The van der Waals surface area contributed by atoms with E-state index in [9.17, 15) is 32.7 Å². The predicted molar refractivity (Wildman–Crippen MR) is 311 cm³/mol. The summed E-state index contributed by atoms with van der Waals surface area (Å²) in [4.78, 5) is 67.9. The monoisotopic (exact) mass is 1140 g/mol. The second kappa shape index (κ2) is 23.3. The van der Waals surface area contributed by atoms with Crippen molar-refractivity contribution < 1.29 is 32.7 Å². The summed E-state index contributed by atoms with van der Waals surface area (Å²) < 4.78 is 32.8. The lowest BCUT2D eigenvalue weighted by Crippen LogP contribution is -2.57. The number of carbonyl (C=O) groups is 4. The summed E-state index contributed by atoms with van der Waals surface area (Å²) in [6.45, 7) is 10.1. The number of aliphatic hydroxyl groups excluding tert-OH is 1. The molecule has 0 radical (unpaired) electrons. The molecule has 4 bridgehead atoms. The molecule has 22 heteroatoms. The number of amides is 4. The molecule has 5 fully saturated rings. The van der Waals surface area contributed by atoms with Crippen LogP contribution in [0.5, 0.6) is 0 Å². The Morgan fingerprint density at radius 3 is 2.31 bits per heavy atom. The standard InChI is InChI=1S/C59H71N13O7S2/c1-8-37-13-15-38(16-14-37)31-61-54(75)46-27-42(73)33-71(46)56(77)52(58(4,5)6)65-50(74)19-20-60-21-22-81(78,79)69-55(76)51-43(44-32-62-72(36(44)3)34-59-28-39-24-40(29-59)26-41(25-39)30-59)17-18-48(64-51)70(7)49-23-35(2)53(68-67-49)66-57-63-45-11-9-10-12-47(45)80-57/h1,9-18,23,32,39-42,46,52,60,73H,19-22,24-31,33-34H2,2-7H3,(H,61,75)(H,65,74)(H,69,76)(H,63,66,68)/t39?,40?,41?,42-,46+,52-,59?/m1/s1. The van der Waals surface area contributed by atoms with E-state index >= 15 is 0 Å². The summed E-state index contributed by atoms with van der Waals surface area (Å²) in [5, 5.41) is 37.1. The number of pyridine rings is 1. The number of sulfonamides is 1. The number of rotatable bonds is 20. The maximum Gasteiger partial charge on any atom is 0.284 e. The summed E-state index contributed by atoms with van der Waals surface area (Å²) >= 11 is 1.50. The summed E-state index contributed by atoms with van der Waals surface area (Å²) in [6.07, 6.45) is 13.8. The molecule has 6 N–H and O–H groups in total. The summed E-state index contributed by atoms with van der Waals surface area (Å²) in [5.74, 6) is 3.26. The number of nitrogens with zero attached hydrogens (tertiary/aromatic N) is 8. The van der Waals surface area contributed by atoms with E-state index in [0.717, 1.165) is 51.3 Å². The molecule has 1 saturated heterocycles. The second-order valence-electron chi connectivity index (χ2n) is 23.8. The number of nitrogens with one attached hydrogen (secondary N) is 5. The van der Waals surface area contributed by atoms with Crippen LogP contribution in [-0.4, -0.2) is 123 Å². The van der Waals surface area contributed by atoms with E-state index < -0.39 is 63.0 Å². The van der Waals surface area contributed by atoms with Crippen LogP contribution in [-0.2, 0) is 37.5 Å². The lowest BCUT2D eigenvalue weighted by atomic mass is 9.49. The number of benzene rings is 2. The van der Waals surface area contributed by atoms with Gasteiger partial charge in [-0.15, -0.1) is 16.6 Å². The number of aliphatic hydroxyl groups is 1. The summed E-state index contributed by atoms with van der Waals surface area (Å²) in [6, 6.07) is 18.3. The van der Waals surface area contributed by atoms with Crippen molar-refractivity contribution in [2.45, 2.75) is 117 Å². The lowest BCUT2D eigenvalue weighted by Gasteiger charge is -2.56. The van der Waals surface area contributed by atoms with Crippen LogP contribution in [0.1, 0.15) is 105 Å². The van der Waals surface area contributed by atoms with Crippen LogP contribution in [0.25, 0.3) is 21.3 Å². The Kier molecular flexibility index (Phi) is 16.4. The van der Waals surface area contributed by atoms with Crippen molar-refractivity contribution in [3.8, 4) is 23.5 Å². The van der Waals surface area contributed by atoms with Gasteiger partial charge in [0.15, 0.2) is 16.8 Å². The number of terminal acetylenes is 1. The fourth-order valence-corrected chi connectivity index (χ4v) is 14.5. The van der Waals surface area contributed by atoms with Crippen LogP contribution in [0.3, 0.4) is 0 Å². The lowest BCUT2D eigenvalue weighted by molar-refractivity contribution is -0.144. The first-order valence-electron chi connectivity index (χ1n) is 27.7. The van der Waals surface area contributed by atoms with Crippen LogP contribution in [0.4, 0.5) is 22.6 Å². The third-order valence-electron chi connectivity index (χ3n) is 16.5. The number of para-hydroxylation sites is 1. The highest BCUT2D eigenvalue weighted by atomic mass is 32.2. The van der Waals surface area contributed by atoms with E-state index in [-0.39, 0.29) is 50.1 Å². The predicted octanol–water partition coefficient (Wildman–Crippen LogP) is 6.52. The number of carbonyl (C=O) groups excluding carboxylic acids is 4. The van der Waals surface area contributed by atoms with Crippen LogP contribution in [0.2, 0.25) is 0 Å². The van der Waals surface area contributed by atoms with E-state index in [1.807, 2.05) is 44.2 Å². The van der Waals surface area contributed by atoms with Gasteiger partial charge in [0.25, 0.3) is 5.91 Å². The minimum atomic E-state index is -4.27. The van der Waals surface area contributed by atoms with Crippen molar-refractivity contribution >= 4 is 77.8 Å². The SMILES string of the molecule is C#Cc1ccc(CNC(=O)[C@@H]2C[C@@H](O)CN2C(=O)[C@@H](NC(=O)CCNCCS(=O)(=O)NC(=O)c2nc(N(C)c3cc(C)c(Nc4nc5ccccc5s4)nn3)ccc2-c2cnn(CC34CC5CC(CC(C5)C3)C4)c2C)C(C)(C)C)cc1. The van der Waals surface area contributed by atoms with Gasteiger partial charge < -0.3 is 36.2 Å². The molecule has 4 aliphatic carbocycles. The molecule has 426 valence electrons. The van der Waals surface area contributed by atoms with Crippen molar-refractivity contribution in [2.75, 3.05) is 42.7 Å². The molecule has 4 aromatic heterocycles. The van der Waals surface area contributed by atoms with Gasteiger partial charge in [0, 0.05) is 75.0 Å². The first-order chi connectivity index (χ1) is 38.6. The zero-order valence-electron chi connectivity index (χ0n) is 46.7. The molecule has 3 atom stereocenters. The van der Waals surface area contributed by atoms with Crippen LogP contribution >= 0.6 is 11.3 Å². The molecule has 11 rings (SSSR count). The van der Waals surface area contributed by atoms with E-state index in [4.69, 9.17) is 16.5 Å². The number of aryl methyl sites for hydroxylation is 1. The Balaban J connectivity index is 0.788. The number of thiazole rings is 1. The van der Waals surface area contributed by atoms with E-state index in [2.05, 4.69) is 51.8 Å². The molecular weight excluding hydrogens is 1070 g/mol. The van der Waals surface area contributed by atoms with Gasteiger partial charge in [0.1, 0.15) is 23.6 Å². The topological polar surface area (TPSA) is 259 Å². The number of aromatic nitrogens is 6. The number of anilines is 4. The first-order valence-corrected chi connectivity index (χ1v) is 30.2. The van der Waals surface area contributed by atoms with Crippen molar-refractivity contribution in [1.29, 1.82) is 0 Å². The van der Waals surface area contributed by atoms with Crippen LogP contribution in [0, 0.1) is 54.8 Å². The molecule has 20 nitrogen and oxygen atoms in total. The molecule has 0 unspecified atom stereocenters. The number of likely N-dealkylation sites (tertiary alicyclic amines) is 1. The highest BCUT2D eigenvalue weighted by molar-refractivity contribution is 7.90. The van der Waals surface area contributed by atoms with Gasteiger partial charge in [0.2, 0.25) is 27.7 Å². The Labute approximate surface area is 476 Å². The zero-order valence-corrected chi connectivity index (χ0v) is 48.3. The maximum atomic E-state index is 14.4. The highest BCUT2D eigenvalue weighted by Gasteiger charge is 2.51. The average molecular weight is 1140 g/mol. The molecule has 6 aromatic rings. The molecule has 2 aromatic carbocycles. The van der Waals surface area contributed by atoms with Gasteiger partial charge in [-0.25, -0.2) is 23.1 Å². The van der Waals surface area contributed by atoms with Crippen molar-refractivity contribution in [3.05, 3.63) is 101 Å². The molecule has 4 saturated carbocycles. The van der Waals surface area contributed by atoms with Gasteiger partial charge in [0.05, 0.1) is 28.3 Å². The Morgan fingerprint density at radius 2 is 1.63 bits per heavy atom. The Hall–Kier alpha value is -7.32. The Morgan fingerprint density at radius 1 is 0.914 bits per heavy atom. The molecule has 0 spiro atoms. The second-order valence-corrected chi connectivity index (χ2v) is 26.6. The fourth-order valence-electron chi connectivity index (χ4n) is 12.8. The highest BCUT2D eigenvalue weighted by Crippen LogP contribution is 2.60. The van der Waals surface area contributed by atoms with Crippen molar-refractivity contribution in [3.63, 3.8) is 0 Å². The summed E-state index contributed by atoms with van der Waals surface area (Å²) in [5.41, 5.74) is 4.40. The molecule has 1 aliphatic heterocycles. The molecule has 81 heavy (non-hydrogen) atoms. The zero-order chi connectivity index (χ0) is 57.4. The molecule has 5 aliphatic rings. The van der Waals surface area contributed by atoms with Crippen LogP contribution in [0.15, 0.2) is 72.9 Å². The average Bonchev–Trinajstić information content (AvgIpc) is 4.33. The number of hydrogen-bond donors (Lipinski definition) is 6. The van der Waals surface area contributed by atoms with Gasteiger partial charge in [-0.2, -0.15) is 5.10 Å². The van der Waals surface area contributed by atoms with Crippen molar-refractivity contribution in [2.24, 2.45) is 28.6 Å². The van der Waals surface area contributed by atoms with Gasteiger partial charge in [-0.1, -0.05) is 62.3 Å². The van der Waals surface area contributed by atoms with Crippen LogP contribution < -0.4 is 30.9 Å². The minimum absolute atomic E-state index is 0.0381. The van der Waals surface area contributed by atoms with Gasteiger partial charge >= 0.3 is 0 Å².